The van der Waals surface area contributed by atoms with E-state index < -0.39 is 0 Å². The molecule has 1 aromatic heterocycles. The zero-order valence-corrected chi connectivity index (χ0v) is 14.5. The summed E-state index contributed by atoms with van der Waals surface area (Å²) >= 11 is 0. The number of aryl methyl sites for hydroxylation is 1. The van der Waals surface area contributed by atoms with E-state index in [0.29, 0.717) is 6.61 Å². The molecule has 7 heteroatoms. The Morgan fingerprint density at radius 3 is 2.92 bits per heavy atom. The van der Waals surface area contributed by atoms with E-state index in [4.69, 9.17) is 4.74 Å². The van der Waals surface area contributed by atoms with Gasteiger partial charge in [0.2, 0.25) is 5.91 Å². The fraction of sp³-hybridized carbons (Fsp3) is 0.706. The average molecular weight is 333 g/mol. The number of hydrogen-bond donors (Lipinski definition) is 2. The minimum atomic E-state index is -0.245. The van der Waals surface area contributed by atoms with Crippen molar-refractivity contribution in [3.05, 3.63) is 18.1 Å². The summed E-state index contributed by atoms with van der Waals surface area (Å²) in [6.07, 6.45) is 4.33. The monoisotopic (exact) mass is 333 g/mol. The number of amides is 1. The van der Waals surface area contributed by atoms with Crippen LogP contribution >= 0.6 is 0 Å². The molecule has 132 valence electrons. The Kier molecular flexibility index (Phi) is 5.63. The Morgan fingerprint density at radius 2 is 2.21 bits per heavy atom. The lowest BCUT2D eigenvalue weighted by Gasteiger charge is -2.35. The van der Waals surface area contributed by atoms with Crippen LogP contribution in [0.2, 0.25) is 0 Å². The maximum atomic E-state index is 12.4. The number of rotatable bonds is 4. The highest BCUT2D eigenvalue weighted by Gasteiger charge is 2.30. The standard InChI is InChI=1S/C17H27N5O2/c1-3-13-10-15(20-11-19-13)22-7-4-14(5-8-22)21-17(23)16-12(2)24-9-6-18-16/h10-12,14,16,18H,3-9H2,1-2H3,(H,21,23)/t12-,16+/m1/s1. The molecule has 2 saturated heterocycles. The van der Waals surface area contributed by atoms with Gasteiger partial charge >= 0.3 is 0 Å². The van der Waals surface area contributed by atoms with Crippen LogP contribution in [0.5, 0.6) is 0 Å². The molecule has 3 rings (SSSR count). The summed E-state index contributed by atoms with van der Waals surface area (Å²) in [5.41, 5.74) is 1.06. The van der Waals surface area contributed by atoms with Crippen LogP contribution in [-0.2, 0) is 16.0 Å². The SMILES string of the molecule is CCc1cc(N2CCC(NC(=O)[C@H]3NCCO[C@@H]3C)CC2)ncn1. The van der Waals surface area contributed by atoms with Gasteiger partial charge in [0.25, 0.3) is 0 Å². The van der Waals surface area contributed by atoms with E-state index in [9.17, 15) is 4.79 Å². The van der Waals surface area contributed by atoms with Gasteiger partial charge < -0.3 is 20.3 Å². The van der Waals surface area contributed by atoms with Crippen molar-refractivity contribution in [3.63, 3.8) is 0 Å². The highest BCUT2D eigenvalue weighted by molar-refractivity contribution is 5.82. The Labute approximate surface area is 143 Å². The van der Waals surface area contributed by atoms with E-state index in [1.54, 1.807) is 6.33 Å². The van der Waals surface area contributed by atoms with Gasteiger partial charge in [-0.3, -0.25) is 4.79 Å². The molecule has 0 aliphatic carbocycles. The number of anilines is 1. The molecule has 7 nitrogen and oxygen atoms in total. The van der Waals surface area contributed by atoms with Gasteiger partial charge in [-0.1, -0.05) is 6.92 Å². The molecule has 0 bridgehead atoms. The Balaban J connectivity index is 1.50. The topological polar surface area (TPSA) is 79.4 Å². The zero-order chi connectivity index (χ0) is 16.9. The Hall–Kier alpha value is -1.73. The second-order valence-electron chi connectivity index (χ2n) is 6.50. The number of piperidine rings is 1. The van der Waals surface area contributed by atoms with E-state index in [2.05, 4.69) is 38.5 Å². The second-order valence-corrected chi connectivity index (χ2v) is 6.50. The van der Waals surface area contributed by atoms with Gasteiger partial charge in [0.1, 0.15) is 18.2 Å². The zero-order valence-electron chi connectivity index (χ0n) is 14.5. The van der Waals surface area contributed by atoms with Gasteiger partial charge in [0, 0.05) is 37.4 Å². The Bertz CT molecular complexity index is 560. The summed E-state index contributed by atoms with van der Waals surface area (Å²) < 4.78 is 5.55. The summed E-state index contributed by atoms with van der Waals surface area (Å²) in [5, 5.41) is 6.41. The van der Waals surface area contributed by atoms with Crippen molar-refractivity contribution in [3.8, 4) is 0 Å². The minimum absolute atomic E-state index is 0.0518. The summed E-state index contributed by atoms with van der Waals surface area (Å²) in [7, 11) is 0. The predicted octanol–water partition coefficient (Wildman–Crippen LogP) is 0.501. The van der Waals surface area contributed by atoms with Crippen molar-refractivity contribution < 1.29 is 9.53 Å². The van der Waals surface area contributed by atoms with Gasteiger partial charge in [-0.15, -0.1) is 0 Å². The molecule has 2 aliphatic rings. The third-order valence-corrected chi connectivity index (χ3v) is 4.84. The molecule has 2 fully saturated rings. The molecule has 3 heterocycles. The highest BCUT2D eigenvalue weighted by Crippen LogP contribution is 2.18. The van der Waals surface area contributed by atoms with E-state index in [1.807, 2.05) is 6.92 Å². The molecular weight excluding hydrogens is 306 g/mol. The normalized spacial score (nSPS) is 25.5. The summed E-state index contributed by atoms with van der Waals surface area (Å²) in [5.74, 6) is 1.04. The number of hydrogen-bond acceptors (Lipinski definition) is 6. The number of morpholine rings is 1. The largest absolute Gasteiger partial charge is 0.375 e. The van der Waals surface area contributed by atoms with Gasteiger partial charge in [-0.05, 0) is 26.2 Å². The molecule has 0 saturated carbocycles. The maximum Gasteiger partial charge on any atom is 0.240 e. The van der Waals surface area contributed by atoms with Crippen LogP contribution in [0, 0.1) is 0 Å². The maximum absolute atomic E-state index is 12.4. The van der Waals surface area contributed by atoms with Crippen molar-refractivity contribution in [1.82, 2.24) is 20.6 Å². The van der Waals surface area contributed by atoms with Crippen LogP contribution in [0.3, 0.4) is 0 Å². The van der Waals surface area contributed by atoms with Crippen LogP contribution in [0.1, 0.15) is 32.4 Å². The predicted molar refractivity (Wildman–Crippen MR) is 92.0 cm³/mol. The van der Waals surface area contributed by atoms with Crippen molar-refractivity contribution >= 4 is 11.7 Å². The second kappa shape index (κ2) is 7.90. The first-order valence-electron chi connectivity index (χ1n) is 8.88. The molecule has 24 heavy (non-hydrogen) atoms. The molecule has 2 aliphatic heterocycles. The smallest absolute Gasteiger partial charge is 0.240 e. The molecule has 2 N–H and O–H groups in total. The van der Waals surface area contributed by atoms with Crippen LogP contribution in [0.4, 0.5) is 5.82 Å². The molecule has 0 radical (unpaired) electrons. The van der Waals surface area contributed by atoms with Gasteiger partial charge in [0.15, 0.2) is 0 Å². The van der Waals surface area contributed by atoms with Crippen molar-refractivity contribution in [2.45, 2.75) is 51.3 Å². The molecule has 1 amide bonds. The van der Waals surface area contributed by atoms with E-state index >= 15 is 0 Å². The van der Waals surface area contributed by atoms with E-state index in [0.717, 1.165) is 50.4 Å². The average Bonchev–Trinajstić information content (AvgIpc) is 2.62. The third kappa shape index (κ3) is 4.02. The third-order valence-electron chi connectivity index (χ3n) is 4.84. The molecule has 0 unspecified atom stereocenters. The quantitative estimate of drug-likeness (QED) is 0.835. The lowest BCUT2D eigenvalue weighted by atomic mass is 10.0. The number of carbonyl (C=O) groups excluding carboxylic acids is 1. The number of aromatic nitrogens is 2. The minimum Gasteiger partial charge on any atom is -0.375 e. The highest BCUT2D eigenvalue weighted by atomic mass is 16.5. The summed E-state index contributed by atoms with van der Waals surface area (Å²) in [6, 6.07) is 2.03. The van der Waals surface area contributed by atoms with Gasteiger partial charge in [0.05, 0.1) is 12.7 Å². The Morgan fingerprint density at radius 1 is 1.42 bits per heavy atom. The number of carbonyl (C=O) groups is 1. The molecule has 0 aromatic carbocycles. The van der Waals surface area contributed by atoms with Gasteiger partial charge in [-0.2, -0.15) is 0 Å². The first-order chi connectivity index (χ1) is 11.7. The van der Waals surface area contributed by atoms with Gasteiger partial charge in [-0.25, -0.2) is 9.97 Å². The number of nitrogens with zero attached hydrogens (tertiary/aromatic N) is 3. The lowest BCUT2D eigenvalue weighted by molar-refractivity contribution is -0.129. The van der Waals surface area contributed by atoms with Crippen molar-refractivity contribution in [2.75, 3.05) is 31.1 Å². The molecular formula is C17H27N5O2. The fourth-order valence-electron chi connectivity index (χ4n) is 3.32. The number of nitrogens with one attached hydrogen (secondary N) is 2. The first-order valence-corrected chi connectivity index (χ1v) is 8.88. The van der Waals surface area contributed by atoms with E-state index in [1.165, 1.54) is 0 Å². The summed E-state index contributed by atoms with van der Waals surface area (Å²) in [4.78, 5) is 23.3. The fourth-order valence-corrected chi connectivity index (χ4v) is 3.32. The summed E-state index contributed by atoms with van der Waals surface area (Å²) in [6.45, 7) is 7.23. The lowest BCUT2D eigenvalue weighted by Crippen LogP contribution is -2.58. The molecule has 0 spiro atoms. The van der Waals surface area contributed by atoms with Crippen LogP contribution in [0.15, 0.2) is 12.4 Å². The van der Waals surface area contributed by atoms with Crippen LogP contribution in [-0.4, -0.2) is 60.3 Å². The van der Waals surface area contributed by atoms with Crippen molar-refractivity contribution in [2.24, 2.45) is 0 Å². The first kappa shape index (κ1) is 17.1. The van der Waals surface area contributed by atoms with E-state index in [-0.39, 0.29) is 24.1 Å². The molecule has 1 aromatic rings. The number of ether oxygens (including phenoxy) is 1. The molecule has 2 atom stereocenters. The van der Waals surface area contributed by atoms with Crippen LogP contribution in [0.25, 0.3) is 0 Å². The van der Waals surface area contributed by atoms with Crippen LogP contribution < -0.4 is 15.5 Å². The van der Waals surface area contributed by atoms with Crippen molar-refractivity contribution in [1.29, 1.82) is 0 Å².